The Balaban J connectivity index is 1.68. The smallest absolute Gasteiger partial charge is 0.162 e. The molecule has 8 heteroatoms. The highest BCUT2D eigenvalue weighted by Crippen LogP contribution is 2.43. The second kappa shape index (κ2) is 8.65. The highest BCUT2D eigenvalue weighted by molar-refractivity contribution is 6.31. The number of fused-ring (bicyclic) bond motifs is 3. The zero-order valence-corrected chi connectivity index (χ0v) is 19.2. The van der Waals surface area contributed by atoms with Gasteiger partial charge < -0.3 is 4.98 Å². The van der Waals surface area contributed by atoms with E-state index in [1.54, 1.807) is 30.6 Å². The summed E-state index contributed by atoms with van der Waals surface area (Å²) in [5, 5.41) is 0.858. The van der Waals surface area contributed by atoms with Gasteiger partial charge in [-0.1, -0.05) is 35.3 Å². The minimum absolute atomic E-state index is 0.0213. The lowest BCUT2D eigenvalue weighted by Gasteiger charge is -2.26. The van der Waals surface area contributed by atoms with Gasteiger partial charge in [0.15, 0.2) is 17.5 Å². The number of rotatable bonds is 2. The number of hydrogen-bond donors (Lipinski definition) is 1. The highest BCUT2D eigenvalue weighted by Gasteiger charge is 2.31. The fourth-order valence-electron chi connectivity index (χ4n) is 4.87. The maximum Gasteiger partial charge on any atom is 0.162 e. The van der Waals surface area contributed by atoms with Crippen LogP contribution in [0.15, 0.2) is 36.7 Å². The zero-order chi connectivity index (χ0) is 23.3. The molecule has 33 heavy (non-hydrogen) atoms. The molecule has 2 aromatic carbocycles. The van der Waals surface area contributed by atoms with E-state index in [0.717, 1.165) is 5.56 Å². The van der Waals surface area contributed by atoms with Gasteiger partial charge in [0.05, 0.1) is 10.0 Å². The summed E-state index contributed by atoms with van der Waals surface area (Å²) in [4.78, 5) is 12.0. The van der Waals surface area contributed by atoms with Gasteiger partial charge in [-0.2, -0.15) is 0 Å². The summed E-state index contributed by atoms with van der Waals surface area (Å²) in [7, 11) is 0. The van der Waals surface area contributed by atoms with E-state index in [2.05, 4.69) is 15.0 Å². The van der Waals surface area contributed by atoms with E-state index >= 15 is 8.78 Å². The Kier molecular flexibility index (Phi) is 5.83. The molecule has 0 radical (unpaired) electrons. The lowest BCUT2D eigenvalue weighted by atomic mass is 9.80. The van der Waals surface area contributed by atoms with Crippen LogP contribution in [-0.4, -0.2) is 15.0 Å². The van der Waals surface area contributed by atoms with Gasteiger partial charge in [0, 0.05) is 40.8 Å². The predicted molar refractivity (Wildman–Crippen MR) is 124 cm³/mol. The molecular weight excluding hydrogens is 470 g/mol. The lowest BCUT2D eigenvalue weighted by molar-refractivity contribution is 0.459. The molecule has 2 heterocycles. The Morgan fingerprint density at radius 2 is 1.67 bits per heavy atom. The maximum atomic E-state index is 15.1. The van der Waals surface area contributed by atoms with Crippen molar-refractivity contribution in [2.24, 2.45) is 0 Å². The molecule has 0 amide bonds. The van der Waals surface area contributed by atoms with Crippen LogP contribution in [0.5, 0.6) is 0 Å². The van der Waals surface area contributed by atoms with Crippen molar-refractivity contribution in [2.75, 3.05) is 0 Å². The summed E-state index contributed by atoms with van der Waals surface area (Å²) in [5.41, 5.74) is 2.50. The van der Waals surface area contributed by atoms with Crippen LogP contribution in [0.3, 0.4) is 0 Å². The van der Waals surface area contributed by atoms with Gasteiger partial charge in [-0.05, 0) is 61.4 Å². The number of aromatic nitrogens is 3. The summed E-state index contributed by atoms with van der Waals surface area (Å²) < 4.78 is 44.7. The topological polar surface area (TPSA) is 41.6 Å². The van der Waals surface area contributed by atoms with E-state index in [1.807, 2.05) is 0 Å². The first-order valence-electron chi connectivity index (χ1n) is 10.8. The van der Waals surface area contributed by atoms with Gasteiger partial charge >= 0.3 is 0 Å². The number of nitrogens with one attached hydrogen (secondary N) is 1. The van der Waals surface area contributed by atoms with Crippen molar-refractivity contribution in [3.05, 3.63) is 92.4 Å². The molecular formula is C25H20Cl2F3N3. The molecule has 2 unspecified atom stereocenters. The summed E-state index contributed by atoms with van der Waals surface area (Å²) >= 11 is 12.0. The summed E-state index contributed by atoms with van der Waals surface area (Å²) in [5.74, 6) is -2.14. The number of aromatic amines is 1. The predicted octanol–water partition coefficient (Wildman–Crippen LogP) is 7.63. The zero-order valence-electron chi connectivity index (χ0n) is 17.7. The third-order valence-electron chi connectivity index (χ3n) is 6.57. The van der Waals surface area contributed by atoms with Crippen molar-refractivity contribution in [1.29, 1.82) is 0 Å². The summed E-state index contributed by atoms with van der Waals surface area (Å²) in [6.45, 7) is 1.53. The Morgan fingerprint density at radius 1 is 0.909 bits per heavy atom. The Labute approximate surface area is 199 Å². The van der Waals surface area contributed by atoms with Crippen LogP contribution < -0.4 is 0 Å². The van der Waals surface area contributed by atoms with Gasteiger partial charge in [0.25, 0.3) is 0 Å². The van der Waals surface area contributed by atoms with Crippen LogP contribution in [0.1, 0.15) is 59.3 Å². The number of H-pyrrole nitrogens is 1. The third kappa shape index (κ3) is 3.89. The van der Waals surface area contributed by atoms with Gasteiger partial charge in [0.1, 0.15) is 5.82 Å². The standard InChI is InChI=1S/C25H20Cl2F3N3/c1-12-2-5-15(22(29)21(12)28)16-6-3-13(25-31-10-14(26)11-32-25)4-7-17-20-19(33-24(16)17)9-8-18(27)23(20)30/h2,5,8-11,13,16,33H,3-4,6-7H2,1H3. The van der Waals surface area contributed by atoms with Crippen LogP contribution >= 0.6 is 23.2 Å². The lowest BCUT2D eigenvalue weighted by Crippen LogP contribution is -2.15. The van der Waals surface area contributed by atoms with E-state index in [0.29, 0.717) is 53.1 Å². The monoisotopic (exact) mass is 489 g/mol. The molecule has 1 N–H and O–H groups in total. The van der Waals surface area contributed by atoms with Gasteiger partial charge in [-0.25, -0.2) is 23.1 Å². The van der Waals surface area contributed by atoms with Gasteiger partial charge in [-0.15, -0.1) is 0 Å². The second-order valence-electron chi connectivity index (χ2n) is 8.53. The average Bonchev–Trinajstić information content (AvgIpc) is 3.15. The van der Waals surface area contributed by atoms with Crippen LogP contribution in [0.2, 0.25) is 10.0 Å². The third-order valence-corrected chi connectivity index (χ3v) is 7.06. The largest absolute Gasteiger partial charge is 0.358 e. The summed E-state index contributed by atoms with van der Waals surface area (Å²) in [6.07, 6.45) is 5.43. The second-order valence-corrected chi connectivity index (χ2v) is 9.37. The van der Waals surface area contributed by atoms with Crippen molar-refractivity contribution in [3.63, 3.8) is 0 Å². The first-order valence-corrected chi connectivity index (χ1v) is 11.5. The Bertz CT molecular complexity index is 1350. The van der Waals surface area contributed by atoms with Crippen molar-refractivity contribution in [2.45, 2.75) is 44.4 Å². The number of benzene rings is 2. The number of aryl methyl sites for hydroxylation is 2. The minimum Gasteiger partial charge on any atom is -0.358 e. The minimum atomic E-state index is -0.872. The number of hydrogen-bond acceptors (Lipinski definition) is 2. The molecule has 0 fully saturated rings. The first kappa shape index (κ1) is 22.2. The molecule has 0 spiro atoms. The van der Waals surface area contributed by atoms with Crippen LogP contribution in [0, 0.1) is 24.4 Å². The van der Waals surface area contributed by atoms with Crippen molar-refractivity contribution < 1.29 is 13.2 Å². The van der Waals surface area contributed by atoms with E-state index < -0.39 is 23.4 Å². The molecule has 170 valence electrons. The van der Waals surface area contributed by atoms with Crippen LogP contribution in [0.4, 0.5) is 13.2 Å². The van der Waals surface area contributed by atoms with Gasteiger partial charge in [-0.3, -0.25) is 0 Å². The number of nitrogens with zero attached hydrogens (tertiary/aromatic N) is 2. The van der Waals surface area contributed by atoms with Crippen LogP contribution in [-0.2, 0) is 6.42 Å². The van der Waals surface area contributed by atoms with Gasteiger partial charge in [0.2, 0.25) is 0 Å². The van der Waals surface area contributed by atoms with E-state index in [1.165, 1.54) is 13.0 Å². The molecule has 0 saturated carbocycles. The molecule has 0 bridgehead atoms. The fraction of sp³-hybridized carbons (Fsp3) is 0.280. The number of halogens is 5. The molecule has 2 atom stereocenters. The van der Waals surface area contributed by atoms with E-state index in [9.17, 15) is 4.39 Å². The molecule has 0 saturated heterocycles. The average molecular weight is 490 g/mol. The maximum absolute atomic E-state index is 15.1. The molecule has 3 nitrogen and oxygen atoms in total. The first-order chi connectivity index (χ1) is 15.8. The molecule has 5 rings (SSSR count). The molecule has 2 aromatic heterocycles. The highest BCUT2D eigenvalue weighted by atomic mass is 35.5. The molecule has 1 aliphatic rings. The van der Waals surface area contributed by atoms with Crippen LogP contribution in [0.25, 0.3) is 10.9 Å². The Morgan fingerprint density at radius 3 is 2.42 bits per heavy atom. The summed E-state index contributed by atoms with van der Waals surface area (Å²) in [6, 6.07) is 6.40. The SMILES string of the molecule is Cc1ccc(C2CCC(c3ncc(Cl)cn3)CCc3c2[nH]c2ccc(Cl)c(F)c32)c(F)c1F. The molecule has 1 aliphatic carbocycles. The fourth-order valence-corrected chi connectivity index (χ4v) is 5.12. The van der Waals surface area contributed by atoms with Crippen molar-refractivity contribution in [1.82, 2.24) is 15.0 Å². The van der Waals surface area contributed by atoms with Crippen molar-refractivity contribution >= 4 is 34.1 Å². The molecule has 4 aromatic rings. The van der Waals surface area contributed by atoms with E-state index in [-0.39, 0.29) is 22.1 Å². The normalized spacial score (nSPS) is 18.7. The van der Waals surface area contributed by atoms with E-state index in [4.69, 9.17) is 23.2 Å². The quantitative estimate of drug-likeness (QED) is 0.314. The van der Waals surface area contributed by atoms with Crippen molar-refractivity contribution in [3.8, 4) is 0 Å². The molecule has 0 aliphatic heterocycles. The Hall–Kier alpha value is -2.57.